The number of carbonyl (C=O) groups is 3. The first-order valence-corrected chi connectivity index (χ1v) is 16.0. The van der Waals surface area contributed by atoms with Crippen molar-refractivity contribution in [1.82, 2.24) is 0 Å². The molecule has 0 aliphatic heterocycles. The Labute approximate surface area is 255 Å². The second-order valence-electron chi connectivity index (χ2n) is 11.7. The summed E-state index contributed by atoms with van der Waals surface area (Å²) in [6.07, 6.45) is 25.0. The summed E-state index contributed by atoms with van der Waals surface area (Å²) in [7, 11) is 5.35. The molecule has 0 bridgehead atoms. The number of nitrogens with zero attached hydrogens (tertiary/aromatic N) is 1. The third kappa shape index (κ3) is 24.2. The van der Waals surface area contributed by atoms with Crippen LogP contribution in [0.25, 0.3) is 0 Å². The minimum atomic E-state index is -1.14. The van der Waals surface area contributed by atoms with E-state index in [1.807, 2.05) is 12.2 Å². The number of rotatable bonds is 27. The minimum Gasteiger partial charge on any atom is -0.544 e. The van der Waals surface area contributed by atoms with E-state index in [2.05, 4.69) is 38.2 Å². The molecular weight excluding hydrogens is 534 g/mol. The lowest BCUT2D eigenvalue weighted by molar-refractivity contribution is -0.889. The average molecular weight is 594 g/mol. The molecule has 0 aromatic rings. The van der Waals surface area contributed by atoms with E-state index in [1.165, 1.54) is 25.7 Å². The molecule has 8 heteroatoms. The topological polar surface area (TPSA) is 102 Å². The minimum absolute atomic E-state index is 0.0144. The Morgan fingerprint density at radius 1 is 0.738 bits per heavy atom. The van der Waals surface area contributed by atoms with Crippen LogP contribution in [-0.2, 0) is 28.6 Å². The summed E-state index contributed by atoms with van der Waals surface area (Å²) in [4.78, 5) is 36.2. The highest BCUT2D eigenvalue weighted by Crippen LogP contribution is 2.11. The van der Waals surface area contributed by atoms with Crippen molar-refractivity contribution in [3.05, 3.63) is 36.5 Å². The zero-order chi connectivity index (χ0) is 31.5. The maximum absolute atomic E-state index is 12.4. The van der Waals surface area contributed by atoms with Gasteiger partial charge in [-0.1, -0.05) is 82.4 Å². The molecule has 0 aromatic heterocycles. The second-order valence-corrected chi connectivity index (χ2v) is 11.7. The Hall–Kier alpha value is -2.45. The van der Waals surface area contributed by atoms with Crippen LogP contribution >= 0.6 is 0 Å². The van der Waals surface area contributed by atoms with Gasteiger partial charge < -0.3 is 28.6 Å². The van der Waals surface area contributed by atoms with Crippen LogP contribution in [0.5, 0.6) is 0 Å². The number of carboxylic acid groups (broad SMARTS) is 1. The summed E-state index contributed by atoms with van der Waals surface area (Å²) in [6.45, 7) is 4.36. The molecule has 8 nitrogen and oxygen atoms in total. The number of allylic oxidation sites excluding steroid dienone is 6. The van der Waals surface area contributed by atoms with E-state index in [9.17, 15) is 19.5 Å². The van der Waals surface area contributed by atoms with Gasteiger partial charge in [0.05, 0.1) is 40.3 Å². The highest BCUT2D eigenvalue weighted by Gasteiger charge is 2.25. The lowest BCUT2D eigenvalue weighted by Crippen LogP contribution is -2.55. The molecule has 0 aromatic carbocycles. The number of carbonyl (C=O) groups excluding carboxylic acids is 3. The van der Waals surface area contributed by atoms with Gasteiger partial charge in [0.1, 0.15) is 12.6 Å². The van der Waals surface area contributed by atoms with Gasteiger partial charge in [-0.2, -0.15) is 0 Å². The fraction of sp³-hybridized carbons (Fsp3) is 0.735. The van der Waals surface area contributed by atoms with E-state index < -0.39 is 24.1 Å². The lowest BCUT2D eigenvalue weighted by Gasteiger charge is -2.34. The lowest BCUT2D eigenvalue weighted by atomic mass is 10.1. The molecular formula is C34H59NO7. The maximum Gasteiger partial charge on any atom is 0.306 e. The molecule has 242 valence electrons. The average Bonchev–Trinajstić information content (AvgIpc) is 2.92. The van der Waals surface area contributed by atoms with Gasteiger partial charge >= 0.3 is 11.9 Å². The summed E-state index contributed by atoms with van der Waals surface area (Å²) in [6, 6.07) is -0.731. The van der Waals surface area contributed by atoms with Crippen molar-refractivity contribution in [2.45, 2.75) is 122 Å². The Kier molecular flexibility index (Phi) is 24.7. The van der Waals surface area contributed by atoms with Crippen molar-refractivity contribution in [2.75, 3.05) is 41.0 Å². The van der Waals surface area contributed by atoms with Crippen molar-refractivity contribution in [3.63, 3.8) is 0 Å². The normalized spacial score (nSPS) is 13.6. The number of quaternary nitrogens is 1. The van der Waals surface area contributed by atoms with Crippen LogP contribution in [-0.4, -0.2) is 75.5 Å². The zero-order valence-corrected chi connectivity index (χ0v) is 27.2. The van der Waals surface area contributed by atoms with E-state index in [4.69, 9.17) is 14.2 Å². The SMILES string of the molecule is CC/C=C/C/C=C/CCC(=O)OC(COCCC(C(=O)[O-])[N+](C)(C)C)COC(=O)CCCCCCC/C=C/CCCC. The van der Waals surface area contributed by atoms with Gasteiger partial charge in [0.25, 0.3) is 0 Å². The first-order valence-electron chi connectivity index (χ1n) is 16.0. The first kappa shape index (κ1) is 39.5. The number of esters is 2. The van der Waals surface area contributed by atoms with Gasteiger partial charge in [0.2, 0.25) is 0 Å². The third-order valence-corrected chi connectivity index (χ3v) is 6.77. The summed E-state index contributed by atoms with van der Waals surface area (Å²) < 4.78 is 16.8. The number of likely N-dealkylation sites (N-methyl/N-ethyl adjacent to an activating group) is 1. The number of aliphatic carboxylic acids is 1. The molecule has 0 rings (SSSR count). The van der Waals surface area contributed by atoms with Crippen molar-refractivity contribution < 1.29 is 38.2 Å². The predicted molar refractivity (Wildman–Crippen MR) is 167 cm³/mol. The van der Waals surface area contributed by atoms with Crippen LogP contribution in [0.4, 0.5) is 0 Å². The Morgan fingerprint density at radius 2 is 1.38 bits per heavy atom. The fourth-order valence-electron chi connectivity index (χ4n) is 4.23. The highest BCUT2D eigenvalue weighted by atomic mass is 16.6. The van der Waals surface area contributed by atoms with Crippen molar-refractivity contribution >= 4 is 17.9 Å². The highest BCUT2D eigenvalue weighted by molar-refractivity contribution is 5.70. The van der Waals surface area contributed by atoms with E-state index in [0.29, 0.717) is 12.8 Å². The quantitative estimate of drug-likeness (QED) is 0.0510. The van der Waals surface area contributed by atoms with Crippen molar-refractivity contribution in [1.29, 1.82) is 0 Å². The molecule has 2 unspecified atom stereocenters. The summed E-state index contributed by atoms with van der Waals surface area (Å²) in [5, 5.41) is 11.5. The zero-order valence-electron chi connectivity index (χ0n) is 27.2. The van der Waals surface area contributed by atoms with Crippen LogP contribution in [0.15, 0.2) is 36.5 Å². The number of unbranched alkanes of at least 4 members (excludes halogenated alkanes) is 7. The van der Waals surface area contributed by atoms with E-state index in [1.54, 1.807) is 21.1 Å². The summed E-state index contributed by atoms with van der Waals surface area (Å²) in [5.74, 6) is -1.85. The number of hydrogen-bond acceptors (Lipinski definition) is 7. The first-order chi connectivity index (χ1) is 20.1. The predicted octanol–water partition coefficient (Wildman–Crippen LogP) is 5.84. The molecule has 0 aliphatic rings. The molecule has 42 heavy (non-hydrogen) atoms. The van der Waals surface area contributed by atoms with Crippen LogP contribution in [0.1, 0.15) is 110 Å². The van der Waals surface area contributed by atoms with Crippen LogP contribution < -0.4 is 5.11 Å². The van der Waals surface area contributed by atoms with E-state index in [-0.39, 0.29) is 43.1 Å². The molecule has 0 saturated heterocycles. The van der Waals surface area contributed by atoms with Crippen LogP contribution in [0.2, 0.25) is 0 Å². The van der Waals surface area contributed by atoms with E-state index in [0.717, 1.165) is 44.9 Å². The largest absolute Gasteiger partial charge is 0.544 e. The van der Waals surface area contributed by atoms with Crippen LogP contribution in [0, 0.1) is 0 Å². The van der Waals surface area contributed by atoms with Gasteiger partial charge in [-0.3, -0.25) is 9.59 Å². The number of carboxylic acids is 1. The molecule has 0 spiro atoms. The Morgan fingerprint density at radius 3 is 2.05 bits per heavy atom. The second kappa shape index (κ2) is 26.2. The molecule has 0 heterocycles. The van der Waals surface area contributed by atoms with Crippen molar-refractivity contribution in [3.8, 4) is 0 Å². The third-order valence-electron chi connectivity index (χ3n) is 6.77. The summed E-state index contributed by atoms with van der Waals surface area (Å²) in [5.41, 5.74) is 0. The standard InChI is InChI=1S/C34H59NO7/c1-6-8-10-12-14-15-16-17-19-20-22-24-32(36)41-29-30(28-40-27-26-31(34(38)39)35(3,4)5)42-33(37)25-23-21-18-13-11-9-7-2/h9,11-12,14,18,21,30-31H,6-8,10,13,15-17,19-20,22-29H2,1-5H3/b11-9+,14-12+,21-18+. The van der Waals surface area contributed by atoms with Gasteiger partial charge in [0, 0.05) is 19.3 Å². The van der Waals surface area contributed by atoms with Gasteiger partial charge in [-0.25, -0.2) is 0 Å². The monoisotopic (exact) mass is 593 g/mol. The Balaban J connectivity index is 4.54. The molecule has 0 fully saturated rings. The summed E-state index contributed by atoms with van der Waals surface area (Å²) >= 11 is 0. The maximum atomic E-state index is 12.4. The van der Waals surface area contributed by atoms with Gasteiger partial charge in [-0.15, -0.1) is 0 Å². The molecule has 2 atom stereocenters. The van der Waals surface area contributed by atoms with Crippen molar-refractivity contribution in [2.24, 2.45) is 0 Å². The van der Waals surface area contributed by atoms with E-state index >= 15 is 0 Å². The number of hydrogen-bond donors (Lipinski definition) is 0. The smallest absolute Gasteiger partial charge is 0.306 e. The molecule has 0 saturated carbocycles. The van der Waals surface area contributed by atoms with Gasteiger partial charge in [0.15, 0.2) is 6.10 Å². The molecule has 0 radical (unpaired) electrons. The fourth-order valence-corrected chi connectivity index (χ4v) is 4.23. The molecule has 0 N–H and O–H groups in total. The molecule has 0 amide bonds. The molecule has 0 aliphatic carbocycles. The van der Waals surface area contributed by atoms with Crippen LogP contribution in [0.3, 0.4) is 0 Å². The van der Waals surface area contributed by atoms with Gasteiger partial charge in [-0.05, 0) is 44.9 Å². The Bertz CT molecular complexity index is 798. The number of ether oxygens (including phenoxy) is 3.